The van der Waals surface area contributed by atoms with E-state index in [1.54, 1.807) is 30.6 Å². The minimum atomic E-state index is -0.270. The van der Waals surface area contributed by atoms with Crippen LogP contribution in [0.25, 0.3) is 11.1 Å². The van der Waals surface area contributed by atoms with Gasteiger partial charge in [-0.3, -0.25) is 9.69 Å². The van der Waals surface area contributed by atoms with Crippen LogP contribution in [0.1, 0.15) is 55.5 Å². The number of carbonyl (C=O) groups is 1. The lowest BCUT2D eigenvalue weighted by atomic mass is 9.88. The number of aromatic nitrogens is 2. The first-order chi connectivity index (χ1) is 18.1. The molecule has 0 radical (unpaired) electrons. The summed E-state index contributed by atoms with van der Waals surface area (Å²) >= 11 is 0. The first-order valence-corrected chi connectivity index (χ1v) is 13.3. The van der Waals surface area contributed by atoms with Crippen molar-refractivity contribution in [2.75, 3.05) is 19.8 Å². The second-order valence-corrected chi connectivity index (χ2v) is 9.93. The van der Waals surface area contributed by atoms with Crippen LogP contribution in [-0.2, 0) is 6.54 Å². The van der Waals surface area contributed by atoms with Crippen molar-refractivity contribution in [2.24, 2.45) is 11.8 Å². The van der Waals surface area contributed by atoms with Gasteiger partial charge in [-0.05, 0) is 92.9 Å². The van der Waals surface area contributed by atoms with E-state index in [0.717, 1.165) is 60.5 Å². The summed E-state index contributed by atoms with van der Waals surface area (Å²) in [6.07, 6.45) is 7.03. The van der Waals surface area contributed by atoms with E-state index in [9.17, 15) is 9.18 Å². The average molecular weight is 504 g/mol. The molecule has 1 aliphatic carbocycles. The first-order valence-electron chi connectivity index (χ1n) is 13.3. The Hall–Kier alpha value is -3.32. The zero-order valence-electron chi connectivity index (χ0n) is 21.5. The molecule has 5 rings (SSSR count). The highest BCUT2D eigenvalue weighted by Gasteiger charge is 2.44. The predicted molar refractivity (Wildman–Crippen MR) is 140 cm³/mol. The molecule has 1 unspecified atom stereocenters. The molecule has 1 aromatic heterocycles. The van der Waals surface area contributed by atoms with Crippen LogP contribution in [0.4, 0.5) is 4.39 Å². The molecule has 0 N–H and O–H groups in total. The van der Waals surface area contributed by atoms with Crippen LogP contribution in [0, 0.1) is 17.7 Å². The molecule has 1 aliphatic heterocycles. The molecule has 7 heteroatoms. The second kappa shape index (κ2) is 11.4. The Morgan fingerprint density at radius 3 is 2.38 bits per heavy atom. The summed E-state index contributed by atoms with van der Waals surface area (Å²) < 4.78 is 25.7. The number of nitrogens with zero attached hydrogens (tertiary/aromatic N) is 3. The molecule has 194 valence electrons. The van der Waals surface area contributed by atoms with E-state index < -0.39 is 0 Å². The minimum absolute atomic E-state index is 0.165. The lowest BCUT2D eigenvalue weighted by Crippen LogP contribution is -2.30. The van der Waals surface area contributed by atoms with Crippen LogP contribution in [0.5, 0.6) is 11.5 Å². The van der Waals surface area contributed by atoms with Gasteiger partial charge in [0.2, 0.25) is 0 Å². The van der Waals surface area contributed by atoms with Gasteiger partial charge in [-0.25, -0.2) is 4.39 Å². The molecular formula is C30H34FN3O3. The Morgan fingerprint density at radius 1 is 1.00 bits per heavy atom. The van der Waals surface area contributed by atoms with Gasteiger partial charge >= 0.3 is 0 Å². The number of fused-ring (bicyclic) bond motifs is 1. The molecule has 3 atom stereocenters. The largest absolute Gasteiger partial charge is 0.493 e. The summed E-state index contributed by atoms with van der Waals surface area (Å²) in [6.45, 7) is 6.81. The maximum absolute atomic E-state index is 13.6. The van der Waals surface area contributed by atoms with E-state index in [1.165, 1.54) is 12.1 Å². The van der Waals surface area contributed by atoms with Crippen molar-refractivity contribution in [2.45, 2.75) is 52.1 Å². The molecule has 37 heavy (non-hydrogen) atoms. The van der Waals surface area contributed by atoms with Crippen molar-refractivity contribution in [1.82, 2.24) is 15.1 Å². The van der Waals surface area contributed by atoms with Gasteiger partial charge in [0.25, 0.3) is 0 Å². The van der Waals surface area contributed by atoms with Gasteiger partial charge in [-0.2, -0.15) is 10.2 Å². The standard InChI is InChI=1S/C30H34FN3O3/c1-3-36-28-15-20(16-29(37-4-2)30(28)21-5-8-24(31)9-6-21)19-34-14-12-25-22(7-10-26(25)34)17-27(35)23-11-13-32-33-18-23/h5-6,8-9,11,13,15-16,18,22,25-26H,3-4,7,10,12,14,17,19H2,1-2H3/t22?,25-,26+/m0/s1. The lowest BCUT2D eigenvalue weighted by molar-refractivity contribution is 0.0948. The van der Waals surface area contributed by atoms with Crippen LogP contribution in [-0.4, -0.2) is 46.7 Å². The Morgan fingerprint density at radius 2 is 1.73 bits per heavy atom. The van der Waals surface area contributed by atoms with Crippen molar-refractivity contribution >= 4 is 5.78 Å². The van der Waals surface area contributed by atoms with Crippen molar-refractivity contribution in [3.63, 3.8) is 0 Å². The Bertz CT molecular complexity index is 1190. The molecule has 2 aromatic carbocycles. The van der Waals surface area contributed by atoms with E-state index in [1.807, 2.05) is 13.8 Å². The van der Waals surface area contributed by atoms with E-state index in [4.69, 9.17) is 9.47 Å². The number of Topliss-reactive ketones (excluding diaryl/α,β-unsaturated/α-hetero) is 1. The molecule has 2 heterocycles. The Kier molecular flexibility index (Phi) is 7.79. The molecular weight excluding hydrogens is 469 g/mol. The van der Waals surface area contributed by atoms with E-state index in [-0.39, 0.29) is 11.6 Å². The van der Waals surface area contributed by atoms with E-state index in [2.05, 4.69) is 27.2 Å². The quantitative estimate of drug-likeness (QED) is 0.319. The third-order valence-corrected chi connectivity index (χ3v) is 7.75. The predicted octanol–water partition coefficient (Wildman–Crippen LogP) is 5.95. The molecule has 6 nitrogen and oxygen atoms in total. The van der Waals surface area contributed by atoms with Crippen LogP contribution < -0.4 is 9.47 Å². The number of carbonyl (C=O) groups excluding carboxylic acids is 1. The van der Waals surface area contributed by atoms with Gasteiger partial charge in [0.05, 0.1) is 31.2 Å². The number of ketones is 1. The number of hydrogen-bond donors (Lipinski definition) is 0. The molecule has 2 aliphatic rings. The number of rotatable bonds is 10. The van der Waals surface area contributed by atoms with Gasteiger partial charge in [0.1, 0.15) is 17.3 Å². The lowest BCUT2D eigenvalue weighted by Gasteiger charge is -2.25. The normalized spacial score (nSPS) is 21.1. The molecule has 0 amide bonds. The summed E-state index contributed by atoms with van der Waals surface area (Å²) in [5.74, 6) is 2.36. The SMILES string of the molecule is CCOc1cc(CN2CC[C@H]3C(CC(=O)c4ccnnc4)CC[C@H]32)cc(OCC)c1-c1ccc(F)cc1. The van der Waals surface area contributed by atoms with Crippen LogP contribution >= 0.6 is 0 Å². The summed E-state index contributed by atoms with van der Waals surface area (Å²) in [7, 11) is 0. The summed E-state index contributed by atoms with van der Waals surface area (Å²) in [5.41, 5.74) is 3.52. The molecule has 1 saturated carbocycles. The molecule has 1 saturated heterocycles. The van der Waals surface area contributed by atoms with Crippen molar-refractivity contribution in [3.05, 3.63) is 71.8 Å². The molecule has 0 spiro atoms. The summed E-state index contributed by atoms with van der Waals surface area (Å²) in [6, 6.07) is 12.9. The van der Waals surface area contributed by atoms with Crippen LogP contribution in [0.15, 0.2) is 54.9 Å². The smallest absolute Gasteiger partial charge is 0.164 e. The summed E-state index contributed by atoms with van der Waals surface area (Å²) in [5, 5.41) is 7.64. The first kappa shape index (κ1) is 25.3. The van der Waals surface area contributed by atoms with Gasteiger partial charge in [-0.15, -0.1) is 0 Å². The molecule has 3 aromatic rings. The highest BCUT2D eigenvalue weighted by Crippen LogP contribution is 2.46. The van der Waals surface area contributed by atoms with Gasteiger partial charge in [-0.1, -0.05) is 12.1 Å². The second-order valence-electron chi connectivity index (χ2n) is 9.93. The number of ether oxygens (including phenoxy) is 2. The molecule has 2 fully saturated rings. The number of hydrogen-bond acceptors (Lipinski definition) is 6. The van der Waals surface area contributed by atoms with Gasteiger partial charge in [0, 0.05) is 24.6 Å². The monoisotopic (exact) mass is 503 g/mol. The highest BCUT2D eigenvalue weighted by atomic mass is 19.1. The highest BCUT2D eigenvalue weighted by molar-refractivity contribution is 5.95. The maximum Gasteiger partial charge on any atom is 0.164 e. The minimum Gasteiger partial charge on any atom is -0.493 e. The van der Waals surface area contributed by atoms with Crippen molar-refractivity contribution in [1.29, 1.82) is 0 Å². The van der Waals surface area contributed by atoms with Crippen LogP contribution in [0.3, 0.4) is 0 Å². The number of benzene rings is 2. The Balaban J connectivity index is 1.34. The van der Waals surface area contributed by atoms with Crippen molar-refractivity contribution < 1.29 is 18.7 Å². The number of halogens is 1. The third kappa shape index (κ3) is 5.52. The maximum atomic E-state index is 13.6. The zero-order chi connectivity index (χ0) is 25.8. The Labute approximate surface area is 217 Å². The molecule has 0 bridgehead atoms. The zero-order valence-corrected chi connectivity index (χ0v) is 21.5. The van der Waals surface area contributed by atoms with Crippen molar-refractivity contribution in [3.8, 4) is 22.6 Å². The van der Waals surface area contributed by atoms with Gasteiger partial charge < -0.3 is 9.47 Å². The fraction of sp³-hybridized carbons (Fsp3) is 0.433. The fourth-order valence-corrected chi connectivity index (χ4v) is 6.16. The van der Waals surface area contributed by atoms with E-state index in [0.29, 0.717) is 43.1 Å². The summed E-state index contributed by atoms with van der Waals surface area (Å²) in [4.78, 5) is 15.4. The third-order valence-electron chi connectivity index (χ3n) is 7.75. The number of likely N-dealkylation sites (tertiary alicyclic amines) is 1. The van der Waals surface area contributed by atoms with Gasteiger partial charge in [0.15, 0.2) is 5.78 Å². The topological polar surface area (TPSA) is 64.5 Å². The average Bonchev–Trinajstić information content (AvgIpc) is 3.49. The van der Waals surface area contributed by atoms with E-state index >= 15 is 0 Å². The van der Waals surface area contributed by atoms with Crippen LogP contribution in [0.2, 0.25) is 0 Å². The fourth-order valence-electron chi connectivity index (χ4n) is 6.16.